The van der Waals surface area contributed by atoms with E-state index in [9.17, 15) is 4.79 Å². The summed E-state index contributed by atoms with van der Waals surface area (Å²) in [6, 6.07) is 7.66. The van der Waals surface area contributed by atoms with Crippen molar-refractivity contribution in [2.45, 2.75) is 39.2 Å². The van der Waals surface area contributed by atoms with E-state index in [4.69, 9.17) is 11.6 Å². The molecule has 4 heteroatoms. The lowest BCUT2D eigenvalue weighted by molar-refractivity contribution is 0.237. The second-order valence-corrected chi connectivity index (χ2v) is 4.86. The number of hydrogen-bond donors (Lipinski definition) is 2. The van der Waals surface area contributed by atoms with Crippen LogP contribution in [0.2, 0.25) is 5.02 Å². The van der Waals surface area contributed by atoms with Crippen molar-refractivity contribution in [1.29, 1.82) is 0 Å². The summed E-state index contributed by atoms with van der Waals surface area (Å²) in [5.41, 5.74) is 1.06. The maximum atomic E-state index is 11.5. The van der Waals surface area contributed by atoms with Crippen molar-refractivity contribution in [3.63, 3.8) is 0 Å². The fraction of sp³-hybridized carbons (Fsp3) is 0.500. The summed E-state index contributed by atoms with van der Waals surface area (Å²) in [4.78, 5) is 11.5. The number of amides is 2. The van der Waals surface area contributed by atoms with E-state index < -0.39 is 0 Å². The summed E-state index contributed by atoms with van der Waals surface area (Å²) in [6.45, 7) is 4.80. The van der Waals surface area contributed by atoms with Crippen molar-refractivity contribution in [1.82, 2.24) is 10.6 Å². The lowest BCUT2D eigenvalue weighted by Crippen LogP contribution is -2.42. The zero-order chi connectivity index (χ0) is 13.4. The topological polar surface area (TPSA) is 41.1 Å². The Morgan fingerprint density at radius 2 is 2.11 bits per heavy atom. The zero-order valence-electron chi connectivity index (χ0n) is 11.0. The molecule has 0 aromatic heterocycles. The number of nitrogens with one attached hydrogen (secondary N) is 2. The normalized spacial score (nSPS) is 11.9. The number of carbonyl (C=O) groups is 1. The van der Waals surface area contributed by atoms with Crippen molar-refractivity contribution in [3.8, 4) is 0 Å². The molecule has 0 saturated heterocycles. The minimum Gasteiger partial charge on any atom is -0.338 e. The van der Waals surface area contributed by atoms with Gasteiger partial charge in [-0.2, -0.15) is 0 Å². The highest BCUT2D eigenvalue weighted by molar-refractivity contribution is 6.31. The standard InChI is InChI=1S/C14H21ClN2O/c1-3-4-9-16-14(18)17-11(2)10-12-7-5-6-8-13(12)15/h5-8,11H,3-4,9-10H2,1-2H3,(H2,16,17,18). The predicted molar refractivity (Wildman–Crippen MR) is 76.1 cm³/mol. The molecule has 0 heterocycles. The van der Waals surface area contributed by atoms with Gasteiger partial charge in [0.15, 0.2) is 0 Å². The maximum absolute atomic E-state index is 11.5. The monoisotopic (exact) mass is 268 g/mol. The van der Waals surface area contributed by atoms with Crippen LogP contribution >= 0.6 is 11.6 Å². The van der Waals surface area contributed by atoms with E-state index in [0.29, 0.717) is 0 Å². The van der Waals surface area contributed by atoms with Gasteiger partial charge in [0.05, 0.1) is 0 Å². The van der Waals surface area contributed by atoms with Gasteiger partial charge in [0.2, 0.25) is 0 Å². The quantitative estimate of drug-likeness (QED) is 0.763. The Morgan fingerprint density at radius 3 is 2.78 bits per heavy atom. The lowest BCUT2D eigenvalue weighted by Gasteiger charge is -2.15. The molecule has 2 N–H and O–H groups in total. The molecule has 1 unspecified atom stereocenters. The van der Waals surface area contributed by atoms with Crippen molar-refractivity contribution < 1.29 is 4.79 Å². The molecular formula is C14H21ClN2O. The number of hydrogen-bond acceptors (Lipinski definition) is 1. The molecule has 1 aromatic carbocycles. The lowest BCUT2D eigenvalue weighted by atomic mass is 10.1. The highest BCUT2D eigenvalue weighted by Gasteiger charge is 2.09. The van der Waals surface area contributed by atoms with Crippen LogP contribution in [0.4, 0.5) is 4.79 Å². The Balaban J connectivity index is 2.35. The van der Waals surface area contributed by atoms with Crippen LogP contribution in [0.25, 0.3) is 0 Å². The van der Waals surface area contributed by atoms with Gasteiger partial charge < -0.3 is 10.6 Å². The van der Waals surface area contributed by atoms with Crippen LogP contribution in [-0.4, -0.2) is 18.6 Å². The summed E-state index contributed by atoms with van der Waals surface area (Å²) in [6.07, 6.45) is 2.82. The van der Waals surface area contributed by atoms with Crippen LogP contribution in [0.3, 0.4) is 0 Å². The zero-order valence-corrected chi connectivity index (χ0v) is 11.8. The van der Waals surface area contributed by atoms with E-state index in [1.807, 2.05) is 31.2 Å². The fourth-order valence-electron chi connectivity index (χ4n) is 1.70. The third-order valence-electron chi connectivity index (χ3n) is 2.68. The van der Waals surface area contributed by atoms with Crippen LogP contribution in [0.5, 0.6) is 0 Å². The molecule has 2 amide bonds. The van der Waals surface area contributed by atoms with Crippen LogP contribution in [-0.2, 0) is 6.42 Å². The van der Waals surface area contributed by atoms with Gasteiger partial charge >= 0.3 is 6.03 Å². The summed E-state index contributed by atoms with van der Waals surface area (Å²) in [5.74, 6) is 0. The molecular weight excluding hydrogens is 248 g/mol. The first-order valence-electron chi connectivity index (χ1n) is 6.41. The van der Waals surface area contributed by atoms with Crippen molar-refractivity contribution in [3.05, 3.63) is 34.9 Å². The molecule has 0 bridgehead atoms. The van der Waals surface area contributed by atoms with Gasteiger partial charge in [0.25, 0.3) is 0 Å². The van der Waals surface area contributed by atoms with E-state index in [-0.39, 0.29) is 12.1 Å². The smallest absolute Gasteiger partial charge is 0.315 e. The molecule has 1 atom stereocenters. The first kappa shape index (κ1) is 14.8. The molecule has 0 aliphatic carbocycles. The van der Waals surface area contributed by atoms with Gasteiger partial charge in [-0.05, 0) is 31.4 Å². The van der Waals surface area contributed by atoms with Crippen molar-refractivity contribution in [2.24, 2.45) is 0 Å². The number of unbranched alkanes of at least 4 members (excludes halogenated alkanes) is 1. The highest BCUT2D eigenvalue weighted by Crippen LogP contribution is 2.16. The average molecular weight is 269 g/mol. The molecule has 0 spiro atoms. The van der Waals surface area contributed by atoms with Crippen molar-refractivity contribution in [2.75, 3.05) is 6.54 Å². The molecule has 0 aliphatic heterocycles. The molecule has 0 aliphatic rings. The Labute approximate surface area is 114 Å². The molecule has 18 heavy (non-hydrogen) atoms. The fourth-order valence-corrected chi connectivity index (χ4v) is 1.91. The van der Waals surface area contributed by atoms with E-state index in [0.717, 1.165) is 36.4 Å². The number of benzene rings is 1. The second-order valence-electron chi connectivity index (χ2n) is 4.45. The van der Waals surface area contributed by atoms with Crippen LogP contribution in [0, 0.1) is 0 Å². The van der Waals surface area contributed by atoms with Gasteiger partial charge in [-0.1, -0.05) is 43.1 Å². The molecule has 1 rings (SSSR count). The van der Waals surface area contributed by atoms with Gasteiger partial charge in [0.1, 0.15) is 0 Å². The largest absolute Gasteiger partial charge is 0.338 e. The highest BCUT2D eigenvalue weighted by atomic mass is 35.5. The van der Waals surface area contributed by atoms with Crippen LogP contribution in [0.1, 0.15) is 32.3 Å². The average Bonchev–Trinajstić information content (AvgIpc) is 2.32. The van der Waals surface area contributed by atoms with E-state index in [1.165, 1.54) is 0 Å². The van der Waals surface area contributed by atoms with Crippen LogP contribution in [0.15, 0.2) is 24.3 Å². The Bertz CT molecular complexity index is 382. The van der Waals surface area contributed by atoms with Crippen molar-refractivity contribution >= 4 is 17.6 Å². The molecule has 1 aromatic rings. The Morgan fingerprint density at radius 1 is 1.39 bits per heavy atom. The minimum atomic E-state index is -0.108. The maximum Gasteiger partial charge on any atom is 0.315 e. The molecule has 3 nitrogen and oxygen atoms in total. The first-order valence-corrected chi connectivity index (χ1v) is 6.79. The minimum absolute atomic E-state index is 0.0616. The van der Waals surface area contributed by atoms with E-state index in [2.05, 4.69) is 17.6 Å². The molecule has 0 fully saturated rings. The molecule has 0 radical (unpaired) electrons. The van der Waals surface area contributed by atoms with Gasteiger partial charge in [-0.15, -0.1) is 0 Å². The third-order valence-corrected chi connectivity index (χ3v) is 3.05. The number of urea groups is 1. The number of rotatable bonds is 6. The van der Waals surface area contributed by atoms with Gasteiger partial charge in [0, 0.05) is 17.6 Å². The summed E-state index contributed by atoms with van der Waals surface area (Å²) >= 11 is 6.08. The summed E-state index contributed by atoms with van der Waals surface area (Å²) in [5, 5.41) is 6.49. The first-order chi connectivity index (χ1) is 8.63. The van der Waals surface area contributed by atoms with E-state index >= 15 is 0 Å². The predicted octanol–water partition coefficient (Wildman–Crippen LogP) is 3.37. The SMILES string of the molecule is CCCCNC(=O)NC(C)Cc1ccccc1Cl. The Kier molecular flexibility index (Phi) is 6.58. The second kappa shape index (κ2) is 7.98. The Hall–Kier alpha value is -1.22. The van der Waals surface area contributed by atoms with Crippen LogP contribution < -0.4 is 10.6 Å². The van der Waals surface area contributed by atoms with Gasteiger partial charge in [-0.3, -0.25) is 0 Å². The third kappa shape index (κ3) is 5.41. The number of carbonyl (C=O) groups excluding carboxylic acids is 1. The van der Waals surface area contributed by atoms with Gasteiger partial charge in [-0.25, -0.2) is 4.79 Å². The molecule has 100 valence electrons. The number of halogens is 1. The summed E-state index contributed by atoms with van der Waals surface area (Å²) < 4.78 is 0. The summed E-state index contributed by atoms with van der Waals surface area (Å²) in [7, 11) is 0. The molecule has 0 saturated carbocycles. The van der Waals surface area contributed by atoms with E-state index in [1.54, 1.807) is 0 Å².